The summed E-state index contributed by atoms with van der Waals surface area (Å²) in [4.78, 5) is 0. The first-order valence-corrected chi connectivity index (χ1v) is 4.77. The van der Waals surface area contributed by atoms with Gasteiger partial charge < -0.3 is 0 Å². The highest BCUT2D eigenvalue weighted by atomic mass is 14.7. The minimum Gasteiger partial charge on any atom is -0.0950 e. The molecule has 0 unspecified atom stereocenters. The van der Waals surface area contributed by atoms with Gasteiger partial charge in [0.2, 0.25) is 0 Å². The second-order valence-corrected chi connectivity index (χ2v) is 4.97. The molecule has 3 aliphatic carbocycles. The minimum absolute atomic E-state index is 0.353. The Labute approximate surface area is 75.4 Å². The lowest BCUT2D eigenvalue weighted by Gasteiger charge is -2.57. The van der Waals surface area contributed by atoms with Gasteiger partial charge in [-0.05, 0) is 33.8 Å². The van der Waals surface area contributed by atoms with E-state index in [0.717, 1.165) is 11.8 Å². The summed E-state index contributed by atoms with van der Waals surface area (Å²) >= 11 is 0. The molecule has 3 aliphatic rings. The van der Waals surface area contributed by atoms with Gasteiger partial charge in [-0.1, -0.05) is 40.9 Å². The van der Waals surface area contributed by atoms with Crippen LogP contribution in [0.5, 0.6) is 0 Å². The summed E-state index contributed by atoms with van der Waals surface area (Å²) in [6.07, 6.45) is 0. The van der Waals surface area contributed by atoms with Gasteiger partial charge in [-0.15, -0.1) is 0 Å². The van der Waals surface area contributed by atoms with Gasteiger partial charge in [0.05, 0.1) is 0 Å². The summed E-state index contributed by atoms with van der Waals surface area (Å²) in [5.74, 6) is 1.47. The van der Waals surface area contributed by atoms with Crippen molar-refractivity contribution in [1.29, 1.82) is 0 Å². The maximum atomic E-state index is 4.18. The summed E-state index contributed by atoms with van der Waals surface area (Å²) < 4.78 is 0. The molecule has 3 rings (SSSR count). The molecule has 0 aromatic rings. The molecule has 0 radical (unpaired) electrons. The Kier molecular flexibility index (Phi) is 1.15. The van der Waals surface area contributed by atoms with Crippen LogP contribution in [0.2, 0.25) is 0 Å². The third-order valence-electron chi connectivity index (χ3n) is 5.26. The van der Waals surface area contributed by atoms with Crippen molar-refractivity contribution in [3.05, 3.63) is 24.3 Å². The predicted octanol–water partition coefficient (Wildman–Crippen LogP) is 3.41. The molecule has 3 saturated carbocycles. The first-order valence-electron chi connectivity index (χ1n) is 4.77. The van der Waals surface area contributed by atoms with Crippen LogP contribution in [0.1, 0.15) is 27.7 Å². The molecule has 3 fully saturated rings. The van der Waals surface area contributed by atoms with Gasteiger partial charge in [0.1, 0.15) is 0 Å². The molecule has 2 bridgehead atoms. The molecule has 66 valence electrons. The van der Waals surface area contributed by atoms with Crippen molar-refractivity contribution in [2.24, 2.45) is 22.7 Å². The molecular weight excluding hydrogens is 144 g/mol. The molecular formula is C12H18. The average molecular weight is 162 g/mol. The van der Waals surface area contributed by atoms with Gasteiger partial charge in [0.15, 0.2) is 0 Å². The van der Waals surface area contributed by atoms with Gasteiger partial charge in [0, 0.05) is 0 Å². The Bertz CT molecular complexity index is 244. The van der Waals surface area contributed by atoms with Crippen molar-refractivity contribution in [3.8, 4) is 0 Å². The first-order chi connectivity index (χ1) is 5.37. The van der Waals surface area contributed by atoms with Crippen LogP contribution in [-0.2, 0) is 0 Å². The first kappa shape index (κ1) is 8.10. The van der Waals surface area contributed by atoms with E-state index in [1.54, 1.807) is 0 Å². The maximum absolute atomic E-state index is 4.18. The number of hydrogen-bond donors (Lipinski definition) is 0. The lowest BCUT2D eigenvalue weighted by Crippen LogP contribution is -2.52. The standard InChI is InChI=1S/C12H18/c1-7-8(2)12(6)9(3)11(7,5)10(12)4/h9-10H,1-2H2,3-6H3. The quantitative estimate of drug-likeness (QED) is 0.512. The van der Waals surface area contributed by atoms with Crippen molar-refractivity contribution in [2.75, 3.05) is 0 Å². The van der Waals surface area contributed by atoms with Crippen molar-refractivity contribution < 1.29 is 0 Å². The van der Waals surface area contributed by atoms with Crippen LogP contribution in [0, 0.1) is 22.7 Å². The van der Waals surface area contributed by atoms with Crippen LogP contribution in [0.4, 0.5) is 0 Å². The smallest absolute Gasteiger partial charge is 0.00102 e. The van der Waals surface area contributed by atoms with Crippen LogP contribution in [0.25, 0.3) is 0 Å². The maximum Gasteiger partial charge on any atom is -0.00102 e. The van der Waals surface area contributed by atoms with Crippen LogP contribution in [0.3, 0.4) is 0 Å². The SMILES string of the molecule is C=C1C(=C)C2(C)C(C)C1(C)C2C. The molecule has 0 aliphatic heterocycles. The summed E-state index contributed by atoms with van der Waals surface area (Å²) in [5.41, 5.74) is 3.33. The lowest BCUT2D eigenvalue weighted by molar-refractivity contribution is -0.0696. The second kappa shape index (κ2) is 1.71. The zero-order valence-corrected chi connectivity index (χ0v) is 8.57. The summed E-state index contributed by atoms with van der Waals surface area (Å²) in [6.45, 7) is 17.7. The molecule has 0 spiro atoms. The Balaban J connectivity index is 2.59. The normalized spacial score (nSPS) is 57.3. The topological polar surface area (TPSA) is 0 Å². The third kappa shape index (κ3) is 0.437. The Morgan fingerprint density at radius 1 is 0.917 bits per heavy atom. The largest absolute Gasteiger partial charge is 0.0950 e. The molecule has 12 heavy (non-hydrogen) atoms. The van der Waals surface area contributed by atoms with Crippen molar-refractivity contribution in [2.45, 2.75) is 27.7 Å². The van der Waals surface area contributed by atoms with E-state index in [4.69, 9.17) is 0 Å². The van der Waals surface area contributed by atoms with E-state index in [0.29, 0.717) is 10.8 Å². The highest BCUT2D eigenvalue weighted by Gasteiger charge is 2.70. The Morgan fingerprint density at radius 3 is 1.25 bits per heavy atom. The number of allylic oxidation sites excluding steroid dienone is 2. The molecule has 0 aromatic carbocycles. The van der Waals surface area contributed by atoms with Crippen molar-refractivity contribution >= 4 is 0 Å². The summed E-state index contributed by atoms with van der Waals surface area (Å²) in [6, 6.07) is 0. The van der Waals surface area contributed by atoms with Crippen LogP contribution in [0.15, 0.2) is 24.3 Å². The van der Waals surface area contributed by atoms with Gasteiger partial charge in [-0.3, -0.25) is 0 Å². The fourth-order valence-corrected chi connectivity index (χ4v) is 3.60. The monoisotopic (exact) mass is 162 g/mol. The fourth-order valence-electron chi connectivity index (χ4n) is 3.60. The van der Waals surface area contributed by atoms with E-state index in [2.05, 4.69) is 40.9 Å². The van der Waals surface area contributed by atoms with Crippen molar-refractivity contribution in [3.63, 3.8) is 0 Å². The Morgan fingerprint density at radius 2 is 1.17 bits per heavy atom. The summed E-state index contributed by atoms with van der Waals surface area (Å²) in [7, 11) is 0. The number of hydrogen-bond acceptors (Lipinski definition) is 0. The third-order valence-corrected chi connectivity index (χ3v) is 5.26. The zero-order valence-electron chi connectivity index (χ0n) is 8.57. The lowest BCUT2D eigenvalue weighted by atomic mass is 9.47. The van der Waals surface area contributed by atoms with E-state index >= 15 is 0 Å². The van der Waals surface area contributed by atoms with Gasteiger partial charge in [0.25, 0.3) is 0 Å². The van der Waals surface area contributed by atoms with Crippen LogP contribution >= 0.6 is 0 Å². The van der Waals surface area contributed by atoms with Crippen LogP contribution < -0.4 is 0 Å². The molecule has 0 nitrogen and oxygen atoms in total. The Hall–Kier alpha value is -0.520. The van der Waals surface area contributed by atoms with E-state index in [1.165, 1.54) is 11.1 Å². The molecule has 0 saturated heterocycles. The predicted molar refractivity (Wildman–Crippen MR) is 52.8 cm³/mol. The number of fused-ring (bicyclic) bond motifs is 1. The van der Waals surface area contributed by atoms with E-state index < -0.39 is 0 Å². The van der Waals surface area contributed by atoms with Crippen molar-refractivity contribution in [1.82, 2.24) is 0 Å². The zero-order chi connectivity index (χ0) is 9.31. The molecule has 0 heteroatoms. The van der Waals surface area contributed by atoms with E-state index in [1.807, 2.05) is 0 Å². The molecule has 0 amide bonds. The minimum atomic E-state index is 0.353. The summed E-state index contributed by atoms with van der Waals surface area (Å²) in [5, 5.41) is 0. The molecule has 0 atom stereocenters. The van der Waals surface area contributed by atoms with E-state index in [-0.39, 0.29) is 0 Å². The van der Waals surface area contributed by atoms with E-state index in [9.17, 15) is 0 Å². The number of rotatable bonds is 0. The van der Waals surface area contributed by atoms with Gasteiger partial charge in [-0.2, -0.15) is 0 Å². The molecule has 0 N–H and O–H groups in total. The molecule has 0 heterocycles. The fraction of sp³-hybridized carbons (Fsp3) is 0.667. The van der Waals surface area contributed by atoms with Gasteiger partial charge >= 0.3 is 0 Å². The second-order valence-electron chi connectivity index (χ2n) is 4.97. The molecule has 0 aromatic heterocycles. The highest BCUT2D eigenvalue weighted by Crippen LogP contribution is 2.77. The van der Waals surface area contributed by atoms with Gasteiger partial charge in [-0.25, -0.2) is 0 Å². The van der Waals surface area contributed by atoms with Crippen LogP contribution in [-0.4, -0.2) is 0 Å². The highest BCUT2D eigenvalue weighted by molar-refractivity contribution is 5.53. The average Bonchev–Trinajstić information content (AvgIpc) is 2.28.